The Bertz CT molecular complexity index is 1740. The van der Waals surface area contributed by atoms with Crippen LogP contribution in [0.15, 0.2) is 77.5 Å². The summed E-state index contributed by atoms with van der Waals surface area (Å²) in [6, 6.07) is 7.57. The molecule has 0 radical (unpaired) electrons. The van der Waals surface area contributed by atoms with Crippen LogP contribution < -0.4 is 15.0 Å². The van der Waals surface area contributed by atoms with Gasteiger partial charge in [-0.1, -0.05) is 23.9 Å². The van der Waals surface area contributed by atoms with E-state index < -0.39 is 36.2 Å². The summed E-state index contributed by atoms with van der Waals surface area (Å²) in [5, 5.41) is 6.40. The summed E-state index contributed by atoms with van der Waals surface area (Å²) < 4.78 is 83.1. The molecule has 1 N–H and O–H groups in total. The van der Waals surface area contributed by atoms with Crippen LogP contribution in [0.3, 0.4) is 0 Å². The number of urea groups is 1. The first kappa shape index (κ1) is 33.6. The Morgan fingerprint density at radius 2 is 1.96 bits per heavy atom. The van der Waals surface area contributed by atoms with E-state index in [9.17, 15) is 27.2 Å². The molecule has 1 fully saturated rings. The fraction of sp³-hybridized carbons (Fsp3) is 0.300. The lowest BCUT2D eigenvalue weighted by Crippen LogP contribution is -2.42. The lowest BCUT2D eigenvalue weighted by atomic mass is 10.0. The number of nitrogens with zero attached hydrogens (tertiary/aromatic N) is 5. The van der Waals surface area contributed by atoms with Crippen LogP contribution in [0.5, 0.6) is 5.75 Å². The van der Waals surface area contributed by atoms with Crippen molar-refractivity contribution in [1.82, 2.24) is 20.1 Å². The quantitative estimate of drug-likeness (QED) is 0.274. The highest BCUT2D eigenvalue weighted by Crippen LogP contribution is 2.35. The fourth-order valence-corrected chi connectivity index (χ4v) is 5.46. The Hall–Kier alpha value is -4.77. The molecule has 0 saturated carbocycles. The van der Waals surface area contributed by atoms with E-state index in [-0.39, 0.29) is 41.1 Å². The van der Waals surface area contributed by atoms with E-state index in [1.54, 1.807) is 6.07 Å². The number of hydrogen-bond acceptors (Lipinski definition) is 8. The van der Waals surface area contributed by atoms with Crippen molar-refractivity contribution in [2.24, 2.45) is 4.99 Å². The van der Waals surface area contributed by atoms with Crippen molar-refractivity contribution >= 4 is 34.6 Å². The minimum absolute atomic E-state index is 0.0179. The number of rotatable bonds is 9. The summed E-state index contributed by atoms with van der Waals surface area (Å²) in [5.74, 6) is -1.81. The molecule has 17 heteroatoms. The van der Waals surface area contributed by atoms with E-state index in [1.165, 1.54) is 35.2 Å². The largest absolute Gasteiger partial charge is 0.573 e. The van der Waals surface area contributed by atoms with Gasteiger partial charge in [-0.05, 0) is 55.8 Å². The lowest BCUT2D eigenvalue weighted by Gasteiger charge is -2.24. The first-order valence-electron chi connectivity index (χ1n) is 13.9. The highest BCUT2D eigenvalue weighted by molar-refractivity contribution is 8.15. The molecule has 11 nitrogen and oxygen atoms in total. The molecule has 2 aliphatic rings. The Balaban J connectivity index is 1.21. The number of benzene rings is 2. The monoisotopic (exact) mass is 678 g/mol. The molecule has 3 aromatic rings. The summed E-state index contributed by atoms with van der Waals surface area (Å²) in [7, 11) is 1.53. The van der Waals surface area contributed by atoms with Gasteiger partial charge in [0, 0.05) is 18.7 Å². The molecule has 5 rings (SSSR count). The van der Waals surface area contributed by atoms with E-state index in [0.29, 0.717) is 16.9 Å². The number of thioether (sulfide) groups is 1. The van der Waals surface area contributed by atoms with Crippen molar-refractivity contribution in [3.8, 4) is 11.4 Å². The van der Waals surface area contributed by atoms with Crippen molar-refractivity contribution in [1.29, 1.82) is 0 Å². The van der Waals surface area contributed by atoms with Gasteiger partial charge in [0.1, 0.15) is 42.5 Å². The number of halogens is 5. The smallest absolute Gasteiger partial charge is 0.486 e. The summed E-state index contributed by atoms with van der Waals surface area (Å²) >= 11 is 1.02. The maximum absolute atomic E-state index is 15.0. The zero-order valence-corrected chi connectivity index (χ0v) is 25.8. The van der Waals surface area contributed by atoms with Gasteiger partial charge in [0.25, 0.3) is 0 Å². The number of nitrogens with one attached hydrogen (secondary N) is 1. The number of aromatic nitrogens is 3. The zero-order chi connectivity index (χ0) is 33.9. The molecule has 248 valence electrons. The molecule has 2 heterocycles. The third kappa shape index (κ3) is 8.15. The molecule has 1 saturated heterocycles. The topological polar surface area (TPSA) is 120 Å². The van der Waals surface area contributed by atoms with Crippen LogP contribution >= 0.6 is 11.8 Å². The van der Waals surface area contributed by atoms with Gasteiger partial charge in [-0.15, -0.1) is 18.3 Å². The molecule has 1 aliphatic heterocycles. The Kier molecular flexibility index (Phi) is 9.95. The third-order valence-corrected chi connectivity index (χ3v) is 7.84. The first-order chi connectivity index (χ1) is 22.3. The molecule has 1 aliphatic carbocycles. The molecule has 0 spiro atoms. The van der Waals surface area contributed by atoms with Crippen LogP contribution in [0, 0.1) is 6.92 Å². The Morgan fingerprint density at radius 1 is 1.21 bits per heavy atom. The fourth-order valence-electron chi connectivity index (χ4n) is 4.61. The standard InChI is InChI=1S/C30H27F5N6O5S/c1-16-4-9-21(17(2)44-3)24(10-16)41-26(42)14-47-29(41)38-28(43)37-27-22(31)11-20(12-23(27)32)45-13-25-36-15-40(39-25)18-5-7-19(8-6-18)46-30(33,34)35/h4-12,15,17,22,27H,13-14H2,1-3H3,(H,37,43)/b38-29-. The first-order valence-corrected chi connectivity index (χ1v) is 14.9. The minimum atomic E-state index is -4.83. The van der Waals surface area contributed by atoms with Gasteiger partial charge < -0.3 is 19.5 Å². The van der Waals surface area contributed by atoms with Crippen LogP contribution in [-0.2, 0) is 20.9 Å². The van der Waals surface area contributed by atoms with Crippen LogP contribution in [0.2, 0.25) is 0 Å². The van der Waals surface area contributed by atoms with E-state index in [4.69, 9.17) is 9.47 Å². The van der Waals surface area contributed by atoms with Gasteiger partial charge in [-0.25, -0.2) is 23.2 Å². The number of carbonyl (C=O) groups excluding carboxylic acids is 2. The maximum atomic E-state index is 15.0. The van der Waals surface area contributed by atoms with Gasteiger partial charge in [-0.3, -0.25) is 9.69 Å². The predicted molar refractivity (Wildman–Crippen MR) is 161 cm³/mol. The van der Waals surface area contributed by atoms with Crippen LogP contribution in [0.25, 0.3) is 5.69 Å². The van der Waals surface area contributed by atoms with Crippen molar-refractivity contribution in [2.75, 3.05) is 17.8 Å². The number of amidine groups is 1. The van der Waals surface area contributed by atoms with Gasteiger partial charge in [0.05, 0.1) is 23.2 Å². The third-order valence-electron chi connectivity index (χ3n) is 6.92. The van der Waals surface area contributed by atoms with Crippen LogP contribution in [0.1, 0.15) is 30.0 Å². The Labute approximate surface area is 269 Å². The number of carbonyl (C=O) groups is 2. The number of aryl methyl sites for hydroxylation is 1. The zero-order valence-electron chi connectivity index (χ0n) is 25.0. The molecule has 3 unspecified atom stereocenters. The summed E-state index contributed by atoms with van der Waals surface area (Å²) in [6.07, 6.45) is -4.08. The summed E-state index contributed by atoms with van der Waals surface area (Å²) in [6.45, 7) is 3.36. The van der Waals surface area contributed by atoms with Gasteiger partial charge in [-0.2, -0.15) is 4.99 Å². The molecule has 2 aromatic carbocycles. The number of amides is 3. The highest BCUT2D eigenvalue weighted by Gasteiger charge is 2.35. The molecule has 3 atom stereocenters. The molecule has 0 bridgehead atoms. The molecular formula is C30H27F5N6O5S. The number of methoxy groups -OCH3 is 1. The predicted octanol–water partition coefficient (Wildman–Crippen LogP) is 6.00. The van der Waals surface area contributed by atoms with Gasteiger partial charge in [0.2, 0.25) is 5.91 Å². The molecule has 47 heavy (non-hydrogen) atoms. The summed E-state index contributed by atoms with van der Waals surface area (Å²) in [4.78, 5) is 34.9. The number of anilines is 1. The van der Waals surface area contributed by atoms with Crippen molar-refractivity contribution < 1.29 is 45.8 Å². The number of hydrogen-bond donors (Lipinski definition) is 1. The summed E-state index contributed by atoms with van der Waals surface area (Å²) in [5.41, 5.74) is 2.42. The van der Waals surface area contributed by atoms with Crippen molar-refractivity contribution in [2.45, 2.75) is 45.1 Å². The van der Waals surface area contributed by atoms with E-state index in [0.717, 1.165) is 41.6 Å². The van der Waals surface area contributed by atoms with E-state index in [2.05, 4.69) is 25.1 Å². The highest BCUT2D eigenvalue weighted by atomic mass is 32.2. The lowest BCUT2D eigenvalue weighted by molar-refractivity contribution is -0.274. The normalized spacial score (nSPS) is 19.8. The second-order valence-electron chi connectivity index (χ2n) is 10.3. The van der Waals surface area contributed by atoms with E-state index >= 15 is 4.39 Å². The second kappa shape index (κ2) is 13.9. The van der Waals surface area contributed by atoms with Gasteiger partial charge >= 0.3 is 12.4 Å². The number of alkyl halides is 4. The Morgan fingerprint density at radius 3 is 2.64 bits per heavy atom. The number of allylic oxidation sites excluding steroid dienone is 1. The molecule has 1 aromatic heterocycles. The van der Waals surface area contributed by atoms with Crippen LogP contribution in [-0.4, -0.2) is 63.3 Å². The van der Waals surface area contributed by atoms with Crippen LogP contribution in [0.4, 0.5) is 32.4 Å². The van der Waals surface area contributed by atoms with Gasteiger partial charge in [0.15, 0.2) is 11.0 Å². The molecular weight excluding hydrogens is 651 g/mol. The number of ether oxygens (including phenoxy) is 3. The maximum Gasteiger partial charge on any atom is 0.573 e. The number of aliphatic imine (C=N–C) groups is 1. The van der Waals surface area contributed by atoms with Crippen molar-refractivity contribution in [3.05, 3.63) is 89.5 Å². The van der Waals surface area contributed by atoms with Crippen molar-refractivity contribution in [3.63, 3.8) is 0 Å². The average Bonchev–Trinajstić information content (AvgIpc) is 3.63. The molecule has 3 amide bonds. The van der Waals surface area contributed by atoms with E-state index in [1.807, 2.05) is 26.0 Å². The minimum Gasteiger partial charge on any atom is -0.486 e. The second-order valence-corrected chi connectivity index (χ2v) is 11.2. The SMILES string of the molecule is COC(C)c1ccc(C)cc1N1C(=O)CS/C1=N\C(=O)NC1C(F)=CC(OCc2ncn(-c3ccc(OC(F)(F)F)cc3)n2)=CC1F. The average molecular weight is 679 g/mol.